The molecular weight excluding hydrogens is 613 g/mol. The maximum atomic E-state index is 6.37. The molecule has 0 saturated carbocycles. The molecule has 10 rings (SSSR count). The zero-order valence-electron chi connectivity index (χ0n) is 26.9. The zero-order chi connectivity index (χ0) is 33.0. The van der Waals surface area contributed by atoms with E-state index >= 15 is 0 Å². The summed E-state index contributed by atoms with van der Waals surface area (Å²) < 4.78 is 8.71. The number of nitrogens with zero attached hydrogens (tertiary/aromatic N) is 4. The molecule has 5 nitrogen and oxygen atoms in total. The van der Waals surface area contributed by atoms with Gasteiger partial charge in [0.05, 0.1) is 16.6 Å². The Bertz CT molecular complexity index is 2800. The minimum Gasteiger partial charge on any atom is -0.455 e. The summed E-state index contributed by atoms with van der Waals surface area (Å²) in [6.07, 6.45) is 0. The topological polar surface area (TPSA) is 56.7 Å². The van der Waals surface area contributed by atoms with Crippen molar-refractivity contribution in [2.45, 2.75) is 0 Å². The molecule has 0 aliphatic heterocycles. The molecule has 0 atom stereocenters. The fraction of sp³-hybridized carbons (Fsp3) is 0. The number of hydrogen-bond acceptors (Lipinski definition) is 4. The van der Waals surface area contributed by atoms with Crippen LogP contribution in [-0.2, 0) is 0 Å². The van der Waals surface area contributed by atoms with Crippen LogP contribution in [0.5, 0.6) is 0 Å². The van der Waals surface area contributed by atoms with Gasteiger partial charge < -0.3 is 8.98 Å². The van der Waals surface area contributed by atoms with Crippen LogP contribution in [0.4, 0.5) is 0 Å². The molecule has 3 heterocycles. The molecule has 0 saturated heterocycles. The summed E-state index contributed by atoms with van der Waals surface area (Å²) in [7, 11) is 0. The van der Waals surface area contributed by atoms with E-state index in [1.807, 2.05) is 60.7 Å². The van der Waals surface area contributed by atoms with Crippen molar-refractivity contribution < 1.29 is 4.42 Å². The van der Waals surface area contributed by atoms with Gasteiger partial charge in [-0.1, -0.05) is 133 Å². The third-order valence-electron chi connectivity index (χ3n) is 9.49. The molecule has 3 aromatic heterocycles. The third kappa shape index (κ3) is 4.60. The average molecular weight is 641 g/mol. The summed E-state index contributed by atoms with van der Waals surface area (Å²) in [5, 5.41) is 4.62. The Morgan fingerprint density at radius 2 is 0.860 bits per heavy atom. The largest absolute Gasteiger partial charge is 0.455 e. The molecule has 234 valence electrons. The van der Waals surface area contributed by atoms with Gasteiger partial charge in [-0.15, -0.1) is 0 Å². The first-order chi connectivity index (χ1) is 24.8. The first-order valence-electron chi connectivity index (χ1n) is 16.7. The third-order valence-corrected chi connectivity index (χ3v) is 9.49. The van der Waals surface area contributed by atoms with E-state index in [1.165, 1.54) is 21.8 Å². The van der Waals surface area contributed by atoms with Crippen molar-refractivity contribution >= 4 is 43.7 Å². The smallest absolute Gasteiger partial charge is 0.167 e. The first kappa shape index (κ1) is 28.2. The van der Waals surface area contributed by atoms with E-state index in [-0.39, 0.29) is 0 Å². The van der Waals surface area contributed by atoms with Crippen molar-refractivity contribution in [1.82, 2.24) is 19.5 Å². The highest BCUT2D eigenvalue weighted by atomic mass is 16.3. The van der Waals surface area contributed by atoms with Gasteiger partial charge in [0.25, 0.3) is 0 Å². The molecule has 0 aliphatic carbocycles. The van der Waals surface area contributed by atoms with Crippen molar-refractivity contribution in [3.63, 3.8) is 0 Å². The zero-order valence-corrected chi connectivity index (χ0v) is 26.9. The van der Waals surface area contributed by atoms with Crippen LogP contribution >= 0.6 is 0 Å². The maximum Gasteiger partial charge on any atom is 0.167 e. The van der Waals surface area contributed by atoms with Crippen LogP contribution in [0, 0.1) is 0 Å². The van der Waals surface area contributed by atoms with Gasteiger partial charge in [0.15, 0.2) is 17.5 Å². The van der Waals surface area contributed by atoms with Gasteiger partial charge in [-0.2, -0.15) is 0 Å². The Hall–Kier alpha value is -6.85. The van der Waals surface area contributed by atoms with Crippen LogP contribution in [0.1, 0.15) is 0 Å². The lowest BCUT2D eigenvalue weighted by Crippen LogP contribution is -2.00. The van der Waals surface area contributed by atoms with Crippen LogP contribution < -0.4 is 0 Å². The summed E-state index contributed by atoms with van der Waals surface area (Å²) in [6, 6.07) is 58.7. The normalized spacial score (nSPS) is 11.6. The SMILES string of the molecule is c1ccc(-c2nc(-c3ccc(-c4ccc(-n5c6ccccc6c6ccccc65)cc4)cc3)nc(-c3cccc4c3oc3ccccc34)n2)cc1. The van der Waals surface area contributed by atoms with Gasteiger partial charge >= 0.3 is 0 Å². The van der Waals surface area contributed by atoms with Crippen LogP contribution in [0.3, 0.4) is 0 Å². The van der Waals surface area contributed by atoms with Gasteiger partial charge in [0.1, 0.15) is 11.2 Å². The molecule has 5 heteroatoms. The molecule has 0 amide bonds. The molecule has 10 aromatic rings. The molecule has 0 radical (unpaired) electrons. The number of aromatic nitrogens is 4. The Labute approximate surface area is 287 Å². The van der Waals surface area contributed by atoms with Gasteiger partial charge in [-0.3, -0.25) is 0 Å². The number of benzene rings is 7. The molecule has 0 spiro atoms. The second-order valence-electron chi connectivity index (χ2n) is 12.4. The minimum absolute atomic E-state index is 0.572. The summed E-state index contributed by atoms with van der Waals surface area (Å²) >= 11 is 0. The van der Waals surface area contributed by atoms with E-state index < -0.39 is 0 Å². The predicted octanol–water partition coefficient (Wildman–Crippen LogP) is 11.5. The Balaban J connectivity index is 1.04. The summed E-state index contributed by atoms with van der Waals surface area (Å²) in [4.78, 5) is 15.0. The molecular formula is C45H28N4O. The lowest BCUT2D eigenvalue weighted by atomic mass is 10.0. The molecule has 0 bridgehead atoms. The van der Waals surface area contributed by atoms with Crippen molar-refractivity contribution in [3.05, 3.63) is 170 Å². The number of para-hydroxylation sites is 4. The van der Waals surface area contributed by atoms with Gasteiger partial charge in [0.2, 0.25) is 0 Å². The standard InChI is InChI=1S/C45H28N4O/c1-2-11-31(12-3-1)43-46-44(48-45(47-43)38-17-10-16-37-36-15-6-9-20-41(36)50-42(37)38)32-23-21-29(22-24-32)30-25-27-33(28-26-30)49-39-18-7-4-13-34(39)35-14-5-8-19-40(35)49/h1-28H. The van der Waals surface area contributed by atoms with E-state index in [9.17, 15) is 0 Å². The van der Waals surface area contributed by atoms with E-state index in [4.69, 9.17) is 19.4 Å². The average Bonchev–Trinajstić information content (AvgIpc) is 3.74. The van der Waals surface area contributed by atoms with Crippen molar-refractivity contribution in [2.24, 2.45) is 0 Å². The van der Waals surface area contributed by atoms with E-state index in [0.29, 0.717) is 17.5 Å². The highest BCUT2D eigenvalue weighted by Gasteiger charge is 2.18. The summed E-state index contributed by atoms with van der Waals surface area (Å²) in [5.74, 6) is 1.79. The number of fused-ring (bicyclic) bond motifs is 6. The van der Waals surface area contributed by atoms with Crippen LogP contribution in [0.25, 0.3) is 94.7 Å². The fourth-order valence-electron chi connectivity index (χ4n) is 7.08. The Morgan fingerprint density at radius 1 is 0.360 bits per heavy atom. The second kappa shape index (κ2) is 11.4. The Morgan fingerprint density at radius 3 is 1.54 bits per heavy atom. The van der Waals surface area contributed by atoms with E-state index in [2.05, 4.69) is 114 Å². The van der Waals surface area contributed by atoms with Crippen molar-refractivity contribution in [2.75, 3.05) is 0 Å². The van der Waals surface area contributed by atoms with Crippen molar-refractivity contribution in [1.29, 1.82) is 0 Å². The molecule has 0 aliphatic rings. The van der Waals surface area contributed by atoms with Crippen LogP contribution in [-0.4, -0.2) is 19.5 Å². The highest BCUT2D eigenvalue weighted by molar-refractivity contribution is 6.10. The monoisotopic (exact) mass is 640 g/mol. The minimum atomic E-state index is 0.572. The predicted molar refractivity (Wildman–Crippen MR) is 203 cm³/mol. The molecule has 0 N–H and O–H groups in total. The van der Waals surface area contributed by atoms with Crippen LogP contribution in [0.15, 0.2) is 174 Å². The van der Waals surface area contributed by atoms with Crippen molar-refractivity contribution in [3.8, 4) is 51.0 Å². The lowest BCUT2D eigenvalue weighted by Gasteiger charge is -2.10. The molecule has 0 unspecified atom stereocenters. The quantitative estimate of drug-likeness (QED) is 0.188. The Kier molecular flexibility index (Phi) is 6.42. The molecule has 50 heavy (non-hydrogen) atoms. The van der Waals surface area contributed by atoms with E-state index in [1.54, 1.807) is 0 Å². The van der Waals surface area contributed by atoms with Gasteiger partial charge in [-0.25, -0.2) is 15.0 Å². The van der Waals surface area contributed by atoms with E-state index in [0.717, 1.165) is 55.4 Å². The number of hydrogen-bond donors (Lipinski definition) is 0. The highest BCUT2D eigenvalue weighted by Crippen LogP contribution is 2.36. The van der Waals surface area contributed by atoms with Gasteiger partial charge in [-0.05, 0) is 47.5 Å². The van der Waals surface area contributed by atoms with Crippen LogP contribution in [0.2, 0.25) is 0 Å². The summed E-state index contributed by atoms with van der Waals surface area (Å²) in [5.41, 5.74) is 10.1. The lowest BCUT2D eigenvalue weighted by molar-refractivity contribution is 0.669. The fourth-order valence-corrected chi connectivity index (χ4v) is 7.08. The number of rotatable bonds is 5. The number of furan rings is 1. The summed E-state index contributed by atoms with van der Waals surface area (Å²) in [6.45, 7) is 0. The molecule has 7 aromatic carbocycles. The molecule has 0 fully saturated rings. The first-order valence-corrected chi connectivity index (χ1v) is 16.7. The second-order valence-corrected chi connectivity index (χ2v) is 12.4. The maximum absolute atomic E-state index is 6.37. The van der Waals surface area contributed by atoms with Gasteiger partial charge in [0, 0.05) is 38.4 Å².